The van der Waals surface area contributed by atoms with Gasteiger partial charge in [0, 0.05) is 43.0 Å². The Morgan fingerprint density at radius 1 is 0.951 bits per heavy atom. The third kappa shape index (κ3) is 6.17. The first-order chi connectivity index (χ1) is 19.6. The number of nitrogens with zero attached hydrogens (tertiary/aromatic N) is 2. The molecule has 2 bridgehead atoms. The van der Waals surface area contributed by atoms with Gasteiger partial charge in [-0.1, -0.05) is 30.7 Å². The van der Waals surface area contributed by atoms with Crippen LogP contribution in [0.15, 0.2) is 66.7 Å². The second kappa shape index (κ2) is 12.1. The molecule has 5 rings (SSSR count). The van der Waals surface area contributed by atoms with Crippen LogP contribution >= 0.6 is 12.6 Å². The summed E-state index contributed by atoms with van der Waals surface area (Å²) in [5.74, 6) is -1.32. The van der Waals surface area contributed by atoms with Gasteiger partial charge in [0.2, 0.25) is 5.91 Å². The highest BCUT2D eigenvalue weighted by Gasteiger charge is 2.45. The van der Waals surface area contributed by atoms with Crippen molar-refractivity contribution in [2.45, 2.75) is 31.1 Å². The summed E-state index contributed by atoms with van der Waals surface area (Å²) < 4.78 is 35.2. The van der Waals surface area contributed by atoms with Crippen molar-refractivity contribution >= 4 is 42.0 Å². The number of fused-ring (bicyclic) bond motifs is 2. The van der Waals surface area contributed by atoms with Crippen molar-refractivity contribution in [2.75, 3.05) is 31.0 Å². The molecule has 41 heavy (non-hydrogen) atoms. The molecule has 2 aliphatic rings. The fourth-order valence-electron chi connectivity index (χ4n) is 6.19. The second-order valence-corrected chi connectivity index (χ2v) is 11.6. The van der Waals surface area contributed by atoms with Gasteiger partial charge in [-0.05, 0) is 90.3 Å². The number of ether oxygens (including phenoxy) is 1. The van der Waals surface area contributed by atoms with E-state index in [1.807, 2.05) is 49.3 Å². The van der Waals surface area contributed by atoms with Crippen molar-refractivity contribution in [3.8, 4) is 11.1 Å². The lowest BCUT2D eigenvalue weighted by Gasteiger charge is -2.34. The number of thiol groups is 1. The van der Waals surface area contributed by atoms with E-state index in [0.29, 0.717) is 17.0 Å². The number of amides is 1. The Morgan fingerprint density at radius 3 is 2.29 bits per heavy atom. The van der Waals surface area contributed by atoms with Crippen LogP contribution in [-0.4, -0.2) is 33.1 Å². The normalized spacial score (nSPS) is 20.3. The Balaban J connectivity index is 1.51. The standard InChI is InChI=1S/C33H34F2N2O3S/c1-36(2)26-10-7-22(8-11-26)23-9-12-28(30(35)18-23)33(41)37(32(39)29-17-20-4-6-24(29)14-20)27-16-21(15-25(34)19-27)5-13-31(38)40-3/h5,7-13,15-16,18-20,24,29,33,41H,4,6,14,17H2,1-3H3/b13-5+/t20?,24?,29?,33-/m1/s1. The van der Waals surface area contributed by atoms with Crippen LogP contribution in [0.3, 0.4) is 0 Å². The highest BCUT2D eigenvalue weighted by atomic mass is 32.1. The summed E-state index contributed by atoms with van der Waals surface area (Å²) in [5.41, 5.74) is 3.43. The average Bonchev–Trinajstić information content (AvgIpc) is 3.60. The summed E-state index contributed by atoms with van der Waals surface area (Å²) in [6, 6.07) is 16.8. The van der Waals surface area contributed by atoms with Gasteiger partial charge in [-0.15, -0.1) is 12.6 Å². The highest BCUT2D eigenvalue weighted by molar-refractivity contribution is 7.80. The van der Waals surface area contributed by atoms with Gasteiger partial charge in [-0.3, -0.25) is 9.69 Å². The minimum atomic E-state index is -0.994. The first kappa shape index (κ1) is 28.9. The number of esters is 1. The van der Waals surface area contributed by atoms with Gasteiger partial charge in [-0.25, -0.2) is 13.6 Å². The van der Waals surface area contributed by atoms with Crippen molar-refractivity contribution in [2.24, 2.45) is 17.8 Å². The van der Waals surface area contributed by atoms with E-state index in [9.17, 15) is 14.0 Å². The van der Waals surface area contributed by atoms with Crippen molar-refractivity contribution in [1.29, 1.82) is 0 Å². The summed E-state index contributed by atoms with van der Waals surface area (Å²) in [5, 5.41) is -0.994. The van der Waals surface area contributed by atoms with Crippen LogP contribution in [0.2, 0.25) is 0 Å². The Morgan fingerprint density at radius 2 is 1.68 bits per heavy atom. The number of rotatable bonds is 8. The first-order valence-electron chi connectivity index (χ1n) is 13.8. The summed E-state index contributed by atoms with van der Waals surface area (Å²) >= 11 is 4.77. The molecule has 0 radical (unpaired) electrons. The molecule has 5 nitrogen and oxygen atoms in total. The minimum absolute atomic E-state index is 0.187. The van der Waals surface area contributed by atoms with Crippen LogP contribution < -0.4 is 9.80 Å². The predicted molar refractivity (Wildman–Crippen MR) is 162 cm³/mol. The van der Waals surface area contributed by atoms with E-state index in [2.05, 4.69) is 4.74 Å². The quantitative estimate of drug-likeness (QED) is 0.133. The van der Waals surface area contributed by atoms with Gasteiger partial charge in [0.25, 0.3) is 0 Å². The SMILES string of the molecule is COC(=O)/C=C/c1cc(F)cc(N(C(=O)C2CC3CCC2C3)[C@H](S)c2ccc(-c3ccc(N(C)C)cc3)cc2F)c1. The van der Waals surface area contributed by atoms with Gasteiger partial charge >= 0.3 is 5.97 Å². The first-order valence-corrected chi connectivity index (χ1v) is 14.3. The van der Waals surface area contributed by atoms with E-state index < -0.39 is 23.0 Å². The number of hydrogen-bond donors (Lipinski definition) is 1. The molecule has 0 heterocycles. The molecular weight excluding hydrogens is 542 g/mol. The molecule has 2 fully saturated rings. The zero-order valence-corrected chi connectivity index (χ0v) is 24.3. The molecule has 0 aromatic heterocycles. The zero-order valence-electron chi connectivity index (χ0n) is 23.4. The van der Waals surface area contributed by atoms with E-state index in [0.717, 1.165) is 36.9 Å². The van der Waals surface area contributed by atoms with Crippen molar-refractivity contribution in [1.82, 2.24) is 0 Å². The summed E-state index contributed by atoms with van der Waals surface area (Å²) in [7, 11) is 5.16. The molecule has 214 valence electrons. The Labute approximate surface area is 245 Å². The van der Waals surface area contributed by atoms with E-state index >= 15 is 4.39 Å². The zero-order chi connectivity index (χ0) is 29.3. The van der Waals surface area contributed by atoms with Crippen LogP contribution in [0.1, 0.15) is 42.2 Å². The van der Waals surface area contributed by atoms with E-state index in [-0.39, 0.29) is 29.0 Å². The third-order valence-electron chi connectivity index (χ3n) is 8.33. The van der Waals surface area contributed by atoms with E-state index in [1.165, 1.54) is 42.4 Å². The Hall–Kier alpha value is -3.65. The molecule has 0 spiro atoms. The largest absolute Gasteiger partial charge is 0.466 e. The fourth-order valence-corrected chi connectivity index (χ4v) is 6.64. The smallest absolute Gasteiger partial charge is 0.330 e. The maximum atomic E-state index is 15.7. The molecule has 0 N–H and O–H groups in total. The fraction of sp³-hybridized carbons (Fsp3) is 0.333. The van der Waals surface area contributed by atoms with Crippen molar-refractivity contribution in [3.63, 3.8) is 0 Å². The number of benzene rings is 3. The monoisotopic (exact) mass is 576 g/mol. The number of halogens is 2. The molecule has 0 saturated heterocycles. The maximum Gasteiger partial charge on any atom is 0.330 e. The molecule has 3 unspecified atom stereocenters. The molecular formula is C33H34F2N2O3S. The van der Waals surface area contributed by atoms with Crippen LogP contribution in [0.5, 0.6) is 0 Å². The lowest BCUT2D eigenvalue weighted by molar-refractivity contribution is -0.134. The number of methoxy groups -OCH3 is 1. The molecule has 8 heteroatoms. The van der Waals surface area contributed by atoms with E-state index in [1.54, 1.807) is 12.1 Å². The maximum absolute atomic E-state index is 15.7. The van der Waals surface area contributed by atoms with Gasteiger partial charge < -0.3 is 9.64 Å². The van der Waals surface area contributed by atoms with Crippen LogP contribution in [0.4, 0.5) is 20.2 Å². The molecule has 4 atom stereocenters. The number of anilines is 2. The number of carbonyl (C=O) groups is 2. The summed E-state index contributed by atoms with van der Waals surface area (Å²) in [6.45, 7) is 0. The Bertz CT molecular complexity index is 1470. The van der Waals surface area contributed by atoms with E-state index in [4.69, 9.17) is 12.6 Å². The highest BCUT2D eigenvalue weighted by Crippen LogP contribution is 2.50. The molecule has 1 amide bonds. The van der Waals surface area contributed by atoms with Crippen molar-refractivity contribution in [3.05, 3.63) is 89.5 Å². The van der Waals surface area contributed by atoms with Crippen LogP contribution in [0, 0.1) is 29.4 Å². The molecule has 3 aromatic rings. The van der Waals surface area contributed by atoms with Gasteiger partial charge in [0.05, 0.1) is 7.11 Å². The molecule has 3 aromatic carbocycles. The summed E-state index contributed by atoms with van der Waals surface area (Å²) in [4.78, 5) is 29.1. The molecule has 0 aliphatic heterocycles. The third-order valence-corrected chi connectivity index (χ3v) is 8.84. The van der Waals surface area contributed by atoms with Gasteiger partial charge in [0.15, 0.2) is 0 Å². The molecule has 2 saturated carbocycles. The van der Waals surface area contributed by atoms with Gasteiger partial charge in [0.1, 0.15) is 17.0 Å². The number of hydrogen-bond acceptors (Lipinski definition) is 5. The minimum Gasteiger partial charge on any atom is -0.466 e. The van der Waals surface area contributed by atoms with Gasteiger partial charge in [-0.2, -0.15) is 0 Å². The topological polar surface area (TPSA) is 49.9 Å². The predicted octanol–water partition coefficient (Wildman–Crippen LogP) is 7.28. The van der Waals surface area contributed by atoms with Crippen LogP contribution in [-0.2, 0) is 14.3 Å². The second-order valence-electron chi connectivity index (χ2n) is 11.1. The van der Waals surface area contributed by atoms with Crippen molar-refractivity contribution < 1.29 is 23.1 Å². The lowest BCUT2D eigenvalue weighted by atomic mass is 9.87. The number of carbonyl (C=O) groups excluding carboxylic acids is 2. The average molecular weight is 577 g/mol. The van der Waals surface area contributed by atoms with Crippen LogP contribution in [0.25, 0.3) is 17.2 Å². The molecule has 2 aliphatic carbocycles. The summed E-state index contributed by atoms with van der Waals surface area (Å²) in [6.07, 6.45) is 6.49. The Kier molecular flexibility index (Phi) is 8.50. The lowest BCUT2D eigenvalue weighted by Crippen LogP contribution is -2.39.